The van der Waals surface area contributed by atoms with E-state index < -0.39 is 54.5 Å². The third-order valence-corrected chi connectivity index (χ3v) is 8.51. The summed E-state index contributed by atoms with van der Waals surface area (Å²) >= 11 is 0. The maximum absolute atomic E-state index is 13.6. The Labute approximate surface area is 244 Å². The molecule has 3 aromatic carbocycles. The average molecular weight is 620 g/mol. The van der Waals surface area contributed by atoms with Gasteiger partial charge in [0.15, 0.2) is 25.9 Å². The Morgan fingerprint density at radius 1 is 0.595 bits per heavy atom. The second-order valence-corrected chi connectivity index (χ2v) is 11.6. The van der Waals surface area contributed by atoms with Gasteiger partial charge in [0.05, 0.1) is 10.9 Å². The van der Waals surface area contributed by atoms with Crippen LogP contribution in [0, 0.1) is 0 Å². The first kappa shape index (κ1) is 33.6. The minimum Gasteiger partial charge on any atom is -0.490 e. The highest BCUT2D eigenvalue weighted by Gasteiger charge is 2.54. The zero-order valence-electron chi connectivity index (χ0n) is 23.6. The molecule has 0 aliphatic carbocycles. The number of hydrogen-bond acceptors (Lipinski definition) is 5. The fourth-order valence-electron chi connectivity index (χ4n) is 3.67. The van der Waals surface area contributed by atoms with Crippen LogP contribution in [0.5, 0.6) is 11.5 Å². The SMILES string of the molecule is CCOC(C)(COc1ccc([S+](c2ccccc2)c2ccc(OCC(C)(OCOC)C(F)(F)F)cc2)cc1)C(F)(F)F. The number of halogens is 6. The molecule has 230 valence electrons. The summed E-state index contributed by atoms with van der Waals surface area (Å²) < 4.78 is 107. The van der Waals surface area contributed by atoms with Gasteiger partial charge in [-0.05, 0) is 81.4 Å². The van der Waals surface area contributed by atoms with Crippen molar-refractivity contribution in [2.75, 3.05) is 33.7 Å². The minimum absolute atomic E-state index is 0.120. The van der Waals surface area contributed by atoms with E-state index in [2.05, 4.69) is 4.74 Å². The topological polar surface area (TPSA) is 46.2 Å². The van der Waals surface area contributed by atoms with Crippen LogP contribution in [0.4, 0.5) is 26.3 Å². The molecule has 0 bridgehead atoms. The summed E-state index contributed by atoms with van der Waals surface area (Å²) in [6, 6.07) is 22.9. The van der Waals surface area contributed by atoms with Gasteiger partial charge in [-0.2, -0.15) is 26.3 Å². The minimum atomic E-state index is -4.68. The number of ether oxygens (including phenoxy) is 5. The molecule has 0 heterocycles. The van der Waals surface area contributed by atoms with E-state index in [1.54, 1.807) is 48.5 Å². The van der Waals surface area contributed by atoms with Crippen LogP contribution in [-0.4, -0.2) is 57.3 Å². The van der Waals surface area contributed by atoms with Crippen molar-refractivity contribution in [1.82, 2.24) is 0 Å². The molecule has 0 fully saturated rings. The number of benzene rings is 3. The quantitative estimate of drug-likeness (QED) is 0.105. The molecule has 0 saturated carbocycles. The molecule has 0 saturated heterocycles. The molecule has 3 aromatic rings. The predicted molar refractivity (Wildman–Crippen MR) is 146 cm³/mol. The summed E-state index contributed by atoms with van der Waals surface area (Å²) in [5, 5.41) is 0. The molecule has 0 spiro atoms. The zero-order chi connectivity index (χ0) is 31.0. The summed E-state index contributed by atoms with van der Waals surface area (Å²) in [6.07, 6.45) is -9.30. The average Bonchev–Trinajstić information content (AvgIpc) is 2.95. The smallest absolute Gasteiger partial charge is 0.420 e. The maximum Gasteiger partial charge on any atom is 0.420 e. The Balaban J connectivity index is 1.81. The molecule has 12 heteroatoms. The number of alkyl halides is 6. The van der Waals surface area contributed by atoms with E-state index in [1.165, 1.54) is 14.0 Å². The van der Waals surface area contributed by atoms with Crippen LogP contribution < -0.4 is 9.47 Å². The van der Waals surface area contributed by atoms with Gasteiger partial charge >= 0.3 is 12.4 Å². The van der Waals surface area contributed by atoms with Gasteiger partial charge in [0.2, 0.25) is 0 Å². The Morgan fingerprint density at radius 3 is 1.38 bits per heavy atom. The van der Waals surface area contributed by atoms with E-state index >= 15 is 0 Å². The lowest BCUT2D eigenvalue weighted by Gasteiger charge is -2.31. The molecule has 0 aliphatic heterocycles. The molecule has 5 nitrogen and oxygen atoms in total. The second-order valence-electron chi connectivity index (χ2n) is 9.58. The Morgan fingerprint density at radius 2 is 1.00 bits per heavy atom. The largest absolute Gasteiger partial charge is 0.490 e. The fourth-order valence-corrected chi connectivity index (χ4v) is 5.73. The fraction of sp³-hybridized carbons (Fsp3) is 0.400. The molecule has 0 aromatic heterocycles. The molecule has 3 unspecified atom stereocenters. The van der Waals surface area contributed by atoms with Gasteiger partial charge in [-0.25, -0.2) is 0 Å². The van der Waals surface area contributed by atoms with Gasteiger partial charge in [-0.1, -0.05) is 18.2 Å². The third-order valence-electron chi connectivity index (χ3n) is 6.28. The molecular formula is C30H33F6O5S+. The highest BCUT2D eigenvalue weighted by atomic mass is 32.2. The molecular weight excluding hydrogens is 586 g/mol. The lowest BCUT2D eigenvalue weighted by molar-refractivity contribution is -0.296. The van der Waals surface area contributed by atoms with Crippen LogP contribution in [0.1, 0.15) is 20.8 Å². The molecule has 0 radical (unpaired) electrons. The van der Waals surface area contributed by atoms with Gasteiger partial charge in [-0.15, -0.1) is 0 Å². The lowest BCUT2D eigenvalue weighted by atomic mass is 10.1. The van der Waals surface area contributed by atoms with E-state index in [-0.39, 0.29) is 18.1 Å². The van der Waals surface area contributed by atoms with Gasteiger partial charge in [0.1, 0.15) is 31.5 Å². The lowest BCUT2D eigenvalue weighted by Crippen LogP contribution is -2.50. The zero-order valence-corrected chi connectivity index (χ0v) is 24.4. The van der Waals surface area contributed by atoms with E-state index in [9.17, 15) is 26.3 Å². The summed E-state index contributed by atoms with van der Waals surface area (Å²) in [4.78, 5) is 2.65. The summed E-state index contributed by atoms with van der Waals surface area (Å²) in [6.45, 7) is 1.17. The predicted octanol–water partition coefficient (Wildman–Crippen LogP) is 7.84. The van der Waals surface area contributed by atoms with Gasteiger partial charge < -0.3 is 23.7 Å². The summed E-state index contributed by atoms with van der Waals surface area (Å²) in [5.74, 6) is 0.468. The van der Waals surface area contributed by atoms with E-state index in [4.69, 9.17) is 18.9 Å². The first-order chi connectivity index (χ1) is 19.7. The van der Waals surface area contributed by atoms with Gasteiger partial charge in [0, 0.05) is 13.7 Å². The van der Waals surface area contributed by atoms with Gasteiger partial charge in [-0.3, -0.25) is 0 Å². The maximum atomic E-state index is 13.6. The third kappa shape index (κ3) is 8.33. The van der Waals surface area contributed by atoms with E-state index in [1.807, 2.05) is 30.3 Å². The first-order valence-corrected chi connectivity index (χ1v) is 14.1. The van der Waals surface area contributed by atoms with Crippen LogP contribution in [0.25, 0.3) is 0 Å². The van der Waals surface area contributed by atoms with Crippen molar-refractivity contribution in [3.05, 3.63) is 78.9 Å². The molecule has 3 rings (SSSR count). The van der Waals surface area contributed by atoms with Crippen molar-refractivity contribution in [2.24, 2.45) is 0 Å². The van der Waals surface area contributed by atoms with Crippen LogP contribution in [-0.2, 0) is 25.1 Å². The highest BCUT2D eigenvalue weighted by molar-refractivity contribution is 7.97. The Kier molecular flexibility index (Phi) is 11.2. The molecule has 0 aliphatic rings. The van der Waals surface area contributed by atoms with E-state index in [0.717, 1.165) is 28.5 Å². The van der Waals surface area contributed by atoms with Crippen molar-refractivity contribution in [2.45, 2.75) is 59.0 Å². The summed E-state index contributed by atoms with van der Waals surface area (Å²) in [5.41, 5.74) is -5.02. The van der Waals surface area contributed by atoms with Crippen molar-refractivity contribution in [3.63, 3.8) is 0 Å². The Bertz CT molecular complexity index is 1240. The van der Waals surface area contributed by atoms with Gasteiger partial charge in [0.25, 0.3) is 0 Å². The van der Waals surface area contributed by atoms with Crippen LogP contribution >= 0.6 is 0 Å². The number of rotatable bonds is 14. The normalized spacial score (nSPS) is 15.9. The monoisotopic (exact) mass is 619 g/mol. The summed E-state index contributed by atoms with van der Waals surface area (Å²) in [7, 11) is 0.583. The van der Waals surface area contributed by atoms with E-state index in [0.29, 0.717) is 0 Å². The Hall–Kier alpha value is -2.93. The number of methoxy groups -OCH3 is 1. The van der Waals surface area contributed by atoms with Crippen molar-refractivity contribution in [3.8, 4) is 11.5 Å². The standard InChI is InChI=1S/C30H33F6O5S/c1-5-40-27(2,29(31,32)33)19-38-22-11-15-25(16-12-22)42(24-9-7-6-8-10-24)26-17-13-23(14-18-26)39-20-28(3,30(34,35)36)41-21-37-4/h6-18H,5,19-21H2,1-4H3/q+1. The van der Waals surface area contributed by atoms with Crippen molar-refractivity contribution in [1.29, 1.82) is 0 Å². The van der Waals surface area contributed by atoms with Crippen LogP contribution in [0.15, 0.2) is 93.5 Å². The first-order valence-electron chi connectivity index (χ1n) is 12.9. The van der Waals surface area contributed by atoms with Crippen LogP contribution in [0.3, 0.4) is 0 Å². The molecule has 42 heavy (non-hydrogen) atoms. The van der Waals surface area contributed by atoms with Crippen LogP contribution in [0.2, 0.25) is 0 Å². The molecule has 0 amide bonds. The molecule has 0 N–H and O–H groups in total. The second kappa shape index (κ2) is 14.0. The van der Waals surface area contributed by atoms with Crippen molar-refractivity contribution < 1.29 is 50.0 Å². The number of hydrogen-bond donors (Lipinski definition) is 0. The van der Waals surface area contributed by atoms with Crippen molar-refractivity contribution >= 4 is 10.9 Å². The highest BCUT2D eigenvalue weighted by Crippen LogP contribution is 2.37. The molecule has 3 atom stereocenters.